The van der Waals surface area contributed by atoms with E-state index in [4.69, 9.17) is 4.74 Å². The first-order valence-electron chi connectivity index (χ1n) is 11.5. The van der Waals surface area contributed by atoms with Crippen LogP contribution in [0.5, 0.6) is 0 Å². The average Bonchev–Trinajstić information content (AvgIpc) is 3.21. The number of ether oxygens (including phenoxy) is 1. The number of rotatable bonds is 6. The highest BCUT2D eigenvalue weighted by Gasteiger charge is 2.37. The number of hydrogen-bond donors (Lipinski definition) is 1. The lowest BCUT2D eigenvalue weighted by molar-refractivity contribution is -0.132. The van der Waals surface area contributed by atoms with Crippen molar-refractivity contribution in [2.45, 2.75) is 57.8 Å². The van der Waals surface area contributed by atoms with Crippen LogP contribution in [0.25, 0.3) is 11.1 Å². The molecule has 1 aliphatic heterocycles. The number of alkyl halides is 1. The van der Waals surface area contributed by atoms with Gasteiger partial charge >= 0.3 is 6.09 Å². The van der Waals surface area contributed by atoms with E-state index in [0.29, 0.717) is 6.54 Å². The lowest BCUT2D eigenvalue weighted by Gasteiger charge is -2.30. The summed E-state index contributed by atoms with van der Waals surface area (Å²) in [5.74, 6) is -1.15. The number of alkyl carbamates (subject to hydrolysis) is 1. The van der Waals surface area contributed by atoms with E-state index >= 15 is 0 Å². The minimum atomic E-state index is -1.07. The molecule has 0 unspecified atom stereocenters. The van der Waals surface area contributed by atoms with Gasteiger partial charge in [-0.05, 0) is 62.9 Å². The van der Waals surface area contributed by atoms with E-state index in [9.17, 15) is 18.4 Å². The van der Waals surface area contributed by atoms with Gasteiger partial charge in [0.1, 0.15) is 23.6 Å². The third-order valence-corrected chi connectivity index (χ3v) is 5.61. The van der Waals surface area contributed by atoms with Crippen LogP contribution in [0.4, 0.5) is 13.6 Å². The molecule has 1 fully saturated rings. The van der Waals surface area contributed by atoms with Crippen LogP contribution in [0.15, 0.2) is 60.7 Å². The Labute approximate surface area is 199 Å². The topological polar surface area (TPSA) is 58.6 Å². The standard InChI is InChI=1S/C27H32F2N2O3/c1-5-6-23(20-9-7-18(8-10-20)19-11-13-21(28)14-12-19)24(30-26(33)34-27(2,3)4)25(32)31-16-15-22(29)17-31/h5-14,22-24H,15-17H2,1-4H3,(H,30,33)/b6-5+/t22-,23-,24-/m0/s1. The Morgan fingerprint density at radius 1 is 1.09 bits per heavy atom. The van der Waals surface area contributed by atoms with Crippen LogP contribution in [-0.2, 0) is 9.53 Å². The SMILES string of the molecule is C/C=C/[C@@H](c1ccc(-c2ccc(F)cc2)cc1)[C@H](NC(=O)OC(C)(C)C)C(=O)N1CC[C@H](F)C1. The number of benzene rings is 2. The summed E-state index contributed by atoms with van der Waals surface area (Å²) in [5, 5.41) is 2.73. The first-order chi connectivity index (χ1) is 16.1. The Hall–Kier alpha value is -3.22. The van der Waals surface area contributed by atoms with E-state index in [-0.39, 0.29) is 24.7 Å². The highest BCUT2D eigenvalue weighted by molar-refractivity contribution is 5.87. The van der Waals surface area contributed by atoms with Crippen molar-refractivity contribution >= 4 is 12.0 Å². The van der Waals surface area contributed by atoms with Crippen LogP contribution in [0, 0.1) is 5.82 Å². The van der Waals surface area contributed by atoms with E-state index in [1.807, 2.05) is 43.3 Å². The number of carbonyl (C=O) groups is 2. The van der Waals surface area contributed by atoms with Gasteiger partial charge < -0.3 is 15.0 Å². The molecular weight excluding hydrogens is 438 g/mol. The molecule has 0 aliphatic carbocycles. The summed E-state index contributed by atoms with van der Waals surface area (Å²) < 4.78 is 32.5. The van der Waals surface area contributed by atoms with E-state index in [1.165, 1.54) is 17.0 Å². The van der Waals surface area contributed by atoms with E-state index in [2.05, 4.69) is 5.32 Å². The van der Waals surface area contributed by atoms with Crippen LogP contribution in [0.3, 0.4) is 0 Å². The highest BCUT2D eigenvalue weighted by atomic mass is 19.1. The molecule has 2 aromatic rings. The molecule has 3 rings (SSSR count). The molecule has 1 saturated heterocycles. The van der Waals surface area contributed by atoms with Crippen LogP contribution in [0.2, 0.25) is 0 Å². The number of nitrogens with one attached hydrogen (secondary N) is 1. The third kappa shape index (κ3) is 6.65. The fourth-order valence-electron chi connectivity index (χ4n) is 4.02. The van der Waals surface area contributed by atoms with Crippen molar-refractivity contribution < 1.29 is 23.1 Å². The fourth-order valence-corrected chi connectivity index (χ4v) is 4.02. The predicted molar refractivity (Wildman–Crippen MR) is 129 cm³/mol. The van der Waals surface area contributed by atoms with Crippen LogP contribution in [-0.4, -0.2) is 47.8 Å². The van der Waals surface area contributed by atoms with E-state index in [1.54, 1.807) is 32.9 Å². The Bertz CT molecular complexity index is 1010. The Morgan fingerprint density at radius 3 is 2.18 bits per heavy atom. The number of nitrogens with zero attached hydrogens (tertiary/aromatic N) is 1. The van der Waals surface area contributed by atoms with Gasteiger partial charge in [-0.2, -0.15) is 0 Å². The molecule has 34 heavy (non-hydrogen) atoms. The average molecular weight is 471 g/mol. The molecule has 1 aliphatic rings. The lowest BCUT2D eigenvalue weighted by atomic mass is 9.88. The van der Waals surface area contributed by atoms with Crippen molar-refractivity contribution in [2.24, 2.45) is 0 Å². The summed E-state index contributed by atoms with van der Waals surface area (Å²) in [4.78, 5) is 27.5. The van der Waals surface area contributed by atoms with Gasteiger partial charge in [0.15, 0.2) is 0 Å². The Kier molecular flexibility index (Phi) is 8.07. The fraction of sp³-hybridized carbons (Fsp3) is 0.407. The van der Waals surface area contributed by atoms with Gasteiger partial charge in [0.2, 0.25) is 5.91 Å². The van der Waals surface area contributed by atoms with Gasteiger partial charge in [-0.15, -0.1) is 0 Å². The number of likely N-dealkylation sites (tertiary alicyclic amines) is 1. The van der Waals surface area contributed by atoms with Gasteiger partial charge in [-0.3, -0.25) is 4.79 Å². The van der Waals surface area contributed by atoms with Crippen molar-refractivity contribution in [3.05, 3.63) is 72.1 Å². The quantitative estimate of drug-likeness (QED) is 0.558. The molecule has 0 bridgehead atoms. The predicted octanol–water partition coefficient (Wildman–Crippen LogP) is 5.62. The maximum Gasteiger partial charge on any atom is 0.408 e. The maximum atomic E-state index is 13.8. The maximum absolute atomic E-state index is 13.8. The van der Waals surface area contributed by atoms with Crippen molar-refractivity contribution in [3.63, 3.8) is 0 Å². The third-order valence-electron chi connectivity index (χ3n) is 5.61. The van der Waals surface area contributed by atoms with E-state index in [0.717, 1.165) is 16.7 Å². The number of amides is 2. The molecule has 5 nitrogen and oxygen atoms in total. The van der Waals surface area contributed by atoms with Gasteiger partial charge in [0, 0.05) is 12.5 Å². The Morgan fingerprint density at radius 2 is 1.68 bits per heavy atom. The number of halogens is 2. The molecule has 0 spiro atoms. The minimum absolute atomic E-state index is 0.0113. The molecule has 182 valence electrons. The van der Waals surface area contributed by atoms with E-state index < -0.39 is 29.8 Å². The zero-order valence-electron chi connectivity index (χ0n) is 20.1. The summed E-state index contributed by atoms with van der Waals surface area (Å²) in [5.41, 5.74) is 1.82. The van der Waals surface area contributed by atoms with Gasteiger partial charge in [0.05, 0.1) is 6.54 Å². The first-order valence-corrected chi connectivity index (χ1v) is 11.5. The summed E-state index contributed by atoms with van der Waals surface area (Å²) in [6.07, 6.45) is 2.17. The molecule has 2 aromatic carbocycles. The van der Waals surface area contributed by atoms with Gasteiger partial charge in [0.25, 0.3) is 0 Å². The zero-order valence-corrected chi connectivity index (χ0v) is 20.1. The van der Waals surface area contributed by atoms with Crippen molar-refractivity contribution in [2.75, 3.05) is 13.1 Å². The molecular formula is C27H32F2N2O3. The normalized spacial score (nSPS) is 18.1. The number of carbonyl (C=O) groups excluding carboxylic acids is 2. The minimum Gasteiger partial charge on any atom is -0.444 e. The zero-order chi connectivity index (χ0) is 24.9. The number of hydrogen-bond acceptors (Lipinski definition) is 3. The van der Waals surface area contributed by atoms with Gasteiger partial charge in [-0.25, -0.2) is 13.6 Å². The van der Waals surface area contributed by atoms with Gasteiger partial charge in [-0.1, -0.05) is 48.6 Å². The molecule has 0 saturated carbocycles. The summed E-state index contributed by atoms with van der Waals surface area (Å²) >= 11 is 0. The molecule has 3 atom stereocenters. The molecule has 2 amide bonds. The van der Waals surface area contributed by atoms with Crippen LogP contribution < -0.4 is 5.32 Å². The monoisotopic (exact) mass is 470 g/mol. The summed E-state index contributed by atoms with van der Waals surface area (Å²) in [6, 6.07) is 12.8. The van der Waals surface area contributed by atoms with Crippen molar-refractivity contribution in [1.29, 1.82) is 0 Å². The summed E-state index contributed by atoms with van der Waals surface area (Å²) in [7, 11) is 0. The van der Waals surface area contributed by atoms with Crippen LogP contribution >= 0.6 is 0 Å². The first kappa shape index (κ1) is 25.4. The molecule has 0 aromatic heterocycles. The highest BCUT2D eigenvalue weighted by Crippen LogP contribution is 2.28. The molecule has 1 N–H and O–H groups in total. The van der Waals surface area contributed by atoms with Crippen LogP contribution in [0.1, 0.15) is 45.6 Å². The van der Waals surface area contributed by atoms with Crippen molar-refractivity contribution in [3.8, 4) is 11.1 Å². The second-order valence-electron chi connectivity index (χ2n) is 9.47. The second kappa shape index (κ2) is 10.8. The lowest BCUT2D eigenvalue weighted by Crippen LogP contribution is -2.51. The smallest absolute Gasteiger partial charge is 0.408 e. The Balaban J connectivity index is 1.91. The largest absolute Gasteiger partial charge is 0.444 e. The molecule has 7 heteroatoms. The summed E-state index contributed by atoms with van der Waals surface area (Å²) in [6.45, 7) is 7.39. The number of allylic oxidation sites excluding steroid dienone is 1. The second-order valence-corrected chi connectivity index (χ2v) is 9.47. The molecule has 0 radical (unpaired) electrons. The van der Waals surface area contributed by atoms with Crippen molar-refractivity contribution in [1.82, 2.24) is 10.2 Å². The molecule has 1 heterocycles.